The summed E-state index contributed by atoms with van der Waals surface area (Å²) < 4.78 is 0. The van der Waals surface area contributed by atoms with Gasteiger partial charge in [-0.05, 0) is 56.2 Å². The number of rotatable bonds is 4. The number of likely N-dealkylation sites (tertiary alicyclic amines) is 1. The minimum absolute atomic E-state index is 0.175. The van der Waals surface area contributed by atoms with Gasteiger partial charge in [0, 0.05) is 12.6 Å². The Kier molecular flexibility index (Phi) is 5.14. The van der Waals surface area contributed by atoms with Gasteiger partial charge in [-0.3, -0.25) is 9.69 Å². The molecular formula is C19H28N2O. The predicted molar refractivity (Wildman–Crippen MR) is 89.6 cm³/mol. The number of amides is 1. The number of nitrogens with zero attached hydrogens (tertiary/aromatic N) is 1. The Hall–Kier alpha value is -1.35. The van der Waals surface area contributed by atoms with Crippen molar-refractivity contribution >= 4 is 5.91 Å². The van der Waals surface area contributed by atoms with Gasteiger partial charge in [-0.2, -0.15) is 0 Å². The Labute approximate surface area is 134 Å². The lowest BCUT2D eigenvalue weighted by Crippen LogP contribution is -2.50. The van der Waals surface area contributed by atoms with Crippen molar-refractivity contribution in [3.05, 3.63) is 35.4 Å². The molecule has 3 heteroatoms. The lowest BCUT2D eigenvalue weighted by atomic mass is 9.78. The summed E-state index contributed by atoms with van der Waals surface area (Å²) in [7, 11) is 0. The van der Waals surface area contributed by atoms with E-state index in [1.165, 1.54) is 49.7 Å². The Morgan fingerprint density at radius 2 is 1.95 bits per heavy atom. The molecule has 22 heavy (non-hydrogen) atoms. The average Bonchev–Trinajstić information content (AvgIpc) is 2.54. The second-order valence-corrected chi connectivity index (χ2v) is 6.93. The minimum Gasteiger partial charge on any atom is -0.351 e. The number of hydrogen-bond acceptors (Lipinski definition) is 2. The predicted octanol–water partition coefficient (Wildman–Crippen LogP) is 3.27. The Morgan fingerprint density at radius 1 is 1.18 bits per heavy atom. The molecule has 1 N–H and O–H groups in total. The normalized spacial score (nSPS) is 25.5. The molecule has 0 bridgehead atoms. The van der Waals surface area contributed by atoms with E-state index in [0.717, 1.165) is 12.5 Å². The van der Waals surface area contributed by atoms with Crippen molar-refractivity contribution in [3.8, 4) is 0 Å². The van der Waals surface area contributed by atoms with Gasteiger partial charge in [0.15, 0.2) is 0 Å². The molecule has 1 heterocycles. The smallest absolute Gasteiger partial charge is 0.234 e. The van der Waals surface area contributed by atoms with Crippen LogP contribution >= 0.6 is 0 Å². The maximum absolute atomic E-state index is 12.3. The molecule has 3 rings (SSSR count). The monoisotopic (exact) mass is 300 g/mol. The van der Waals surface area contributed by atoms with Gasteiger partial charge in [0.2, 0.25) is 5.91 Å². The molecule has 1 aliphatic carbocycles. The van der Waals surface area contributed by atoms with Crippen LogP contribution in [0.5, 0.6) is 0 Å². The van der Waals surface area contributed by atoms with Crippen LogP contribution in [0, 0.1) is 12.8 Å². The standard InChI is InChI=1S/C19H28N2O/c1-15-7-2-3-9-17(15)13-20-19(22)14-21-12-6-10-16-8-4-5-11-18(16)21/h2-3,7,9,16,18H,4-6,8,10-14H2,1H3,(H,20,22). The van der Waals surface area contributed by atoms with Crippen LogP contribution in [0.2, 0.25) is 0 Å². The lowest BCUT2D eigenvalue weighted by Gasteiger charge is -2.43. The van der Waals surface area contributed by atoms with Gasteiger partial charge in [-0.25, -0.2) is 0 Å². The van der Waals surface area contributed by atoms with E-state index in [1.54, 1.807) is 0 Å². The first-order valence-corrected chi connectivity index (χ1v) is 8.79. The summed E-state index contributed by atoms with van der Waals surface area (Å²) in [6.07, 6.45) is 8.00. The summed E-state index contributed by atoms with van der Waals surface area (Å²) in [6.45, 7) is 4.41. The van der Waals surface area contributed by atoms with Gasteiger partial charge in [-0.15, -0.1) is 0 Å². The van der Waals surface area contributed by atoms with Crippen LogP contribution in [0.15, 0.2) is 24.3 Å². The van der Waals surface area contributed by atoms with Crippen LogP contribution in [-0.2, 0) is 11.3 Å². The highest BCUT2D eigenvalue weighted by atomic mass is 16.2. The van der Waals surface area contributed by atoms with E-state index in [2.05, 4.69) is 29.3 Å². The van der Waals surface area contributed by atoms with Gasteiger partial charge in [0.05, 0.1) is 6.54 Å². The van der Waals surface area contributed by atoms with Gasteiger partial charge in [-0.1, -0.05) is 37.1 Å². The first-order chi connectivity index (χ1) is 10.7. The highest BCUT2D eigenvalue weighted by Crippen LogP contribution is 2.34. The third-order valence-corrected chi connectivity index (χ3v) is 5.44. The number of carbonyl (C=O) groups excluding carboxylic acids is 1. The van der Waals surface area contributed by atoms with Crippen LogP contribution in [-0.4, -0.2) is 29.9 Å². The first-order valence-electron chi connectivity index (χ1n) is 8.79. The topological polar surface area (TPSA) is 32.3 Å². The van der Waals surface area contributed by atoms with E-state index in [1.807, 2.05) is 12.1 Å². The van der Waals surface area contributed by atoms with Gasteiger partial charge in [0.25, 0.3) is 0 Å². The largest absolute Gasteiger partial charge is 0.351 e. The summed E-state index contributed by atoms with van der Waals surface area (Å²) in [6, 6.07) is 8.92. The molecule has 1 saturated heterocycles. The van der Waals surface area contributed by atoms with Crippen LogP contribution < -0.4 is 5.32 Å². The maximum Gasteiger partial charge on any atom is 0.234 e. The van der Waals surface area contributed by atoms with Crippen molar-refractivity contribution in [2.45, 2.75) is 58.0 Å². The molecule has 1 saturated carbocycles. The zero-order chi connectivity index (χ0) is 15.4. The summed E-state index contributed by atoms with van der Waals surface area (Å²) in [5.74, 6) is 1.01. The third kappa shape index (κ3) is 3.70. The summed E-state index contributed by atoms with van der Waals surface area (Å²) >= 11 is 0. The highest BCUT2D eigenvalue weighted by Gasteiger charge is 2.33. The number of piperidine rings is 1. The van der Waals surface area contributed by atoms with E-state index >= 15 is 0 Å². The van der Waals surface area contributed by atoms with Crippen molar-refractivity contribution in [1.82, 2.24) is 10.2 Å². The van der Waals surface area contributed by atoms with Crippen molar-refractivity contribution in [2.24, 2.45) is 5.92 Å². The molecular weight excluding hydrogens is 272 g/mol. The summed E-state index contributed by atoms with van der Waals surface area (Å²) in [5, 5.41) is 3.10. The summed E-state index contributed by atoms with van der Waals surface area (Å²) in [4.78, 5) is 14.8. The number of fused-ring (bicyclic) bond motifs is 1. The number of aryl methyl sites for hydroxylation is 1. The fraction of sp³-hybridized carbons (Fsp3) is 0.632. The van der Waals surface area contributed by atoms with Crippen molar-refractivity contribution in [1.29, 1.82) is 0 Å². The lowest BCUT2D eigenvalue weighted by molar-refractivity contribution is -0.124. The molecule has 0 aromatic heterocycles. The number of benzene rings is 1. The molecule has 2 fully saturated rings. The molecule has 1 aliphatic heterocycles. The van der Waals surface area contributed by atoms with E-state index < -0.39 is 0 Å². The van der Waals surface area contributed by atoms with E-state index in [4.69, 9.17) is 0 Å². The first kappa shape index (κ1) is 15.5. The van der Waals surface area contributed by atoms with Crippen molar-refractivity contribution in [3.63, 3.8) is 0 Å². The minimum atomic E-state index is 0.175. The molecule has 1 amide bonds. The fourth-order valence-corrected chi connectivity index (χ4v) is 4.17. The number of carbonyl (C=O) groups is 1. The molecule has 1 aromatic rings. The highest BCUT2D eigenvalue weighted by molar-refractivity contribution is 5.78. The van der Waals surface area contributed by atoms with Crippen molar-refractivity contribution < 1.29 is 4.79 Å². The van der Waals surface area contributed by atoms with Gasteiger partial charge < -0.3 is 5.32 Å². The fourth-order valence-electron chi connectivity index (χ4n) is 4.17. The molecule has 120 valence electrons. The molecule has 0 spiro atoms. The second kappa shape index (κ2) is 7.28. The summed E-state index contributed by atoms with van der Waals surface area (Å²) in [5.41, 5.74) is 2.46. The van der Waals surface area contributed by atoms with Crippen LogP contribution in [0.25, 0.3) is 0 Å². The molecule has 2 aliphatic rings. The maximum atomic E-state index is 12.3. The van der Waals surface area contributed by atoms with Crippen LogP contribution in [0.3, 0.4) is 0 Å². The van der Waals surface area contributed by atoms with E-state index in [0.29, 0.717) is 19.1 Å². The third-order valence-electron chi connectivity index (χ3n) is 5.44. The molecule has 0 radical (unpaired) electrons. The SMILES string of the molecule is Cc1ccccc1CNC(=O)CN1CCCC2CCCCC21. The van der Waals surface area contributed by atoms with E-state index in [-0.39, 0.29) is 5.91 Å². The molecule has 2 atom stereocenters. The molecule has 3 nitrogen and oxygen atoms in total. The van der Waals surface area contributed by atoms with Gasteiger partial charge in [0.1, 0.15) is 0 Å². The molecule has 2 unspecified atom stereocenters. The van der Waals surface area contributed by atoms with Gasteiger partial charge >= 0.3 is 0 Å². The second-order valence-electron chi connectivity index (χ2n) is 6.93. The average molecular weight is 300 g/mol. The zero-order valence-corrected chi connectivity index (χ0v) is 13.7. The zero-order valence-electron chi connectivity index (χ0n) is 13.7. The quantitative estimate of drug-likeness (QED) is 0.925. The van der Waals surface area contributed by atoms with Crippen molar-refractivity contribution in [2.75, 3.05) is 13.1 Å². The van der Waals surface area contributed by atoms with Crippen LogP contribution in [0.1, 0.15) is 49.7 Å². The Balaban J connectivity index is 1.51. The Morgan fingerprint density at radius 3 is 2.82 bits per heavy atom. The number of hydrogen-bond donors (Lipinski definition) is 1. The number of nitrogens with one attached hydrogen (secondary N) is 1. The van der Waals surface area contributed by atoms with Crippen LogP contribution in [0.4, 0.5) is 0 Å². The molecule has 1 aromatic carbocycles. The van der Waals surface area contributed by atoms with E-state index in [9.17, 15) is 4.79 Å². The Bertz CT molecular complexity index is 512.